The van der Waals surface area contributed by atoms with Gasteiger partial charge >= 0.3 is 11.9 Å². The lowest BCUT2D eigenvalue weighted by Crippen LogP contribution is -2.12. The van der Waals surface area contributed by atoms with Crippen LogP contribution >= 0.6 is 0 Å². The first-order valence-electron chi connectivity index (χ1n) is 11.0. The Bertz CT molecular complexity index is 1130. The second-order valence-corrected chi connectivity index (χ2v) is 8.09. The summed E-state index contributed by atoms with van der Waals surface area (Å²) in [5.41, 5.74) is 6.11. The lowest BCUT2D eigenvalue weighted by molar-refractivity contribution is -0.134. The van der Waals surface area contributed by atoms with Gasteiger partial charge in [0.25, 0.3) is 0 Å². The van der Waals surface area contributed by atoms with Crippen LogP contribution in [-0.4, -0.2) is 11.9 Å². The zero-order valence-electron chi connectivity index (χ0n) is 19.5. The normalized spacial score (nSPS) is 10.7. The van der Waals surface area contributed by atoms with Crippen molar-refractivity contribution in [1.29, 1.82) is 0 Å². The first kappa shape index (κ1) is 23.3. The van der Waals surface area contributed by atoms with E-state index in [0.717, 1.165) is 46.2 Å². The molecule has 0 amide bonds. The third-order valence-corrected chi connectivity index (χ3v) is 5.82. The van der Waals surface area contributed by atoms with Gasteiger partial charge in [-0.3, -0.25) is 4.79 Å². The van der Waals surface area contributed by atoms with Crippen LogP contribution in [0, 0.1) is 27.7 Å². The molecule has 0 saturated heterocycles. The van der Waals surface area contributed by atoms with Gasteiger partial charge in [-0.15, -0.1) is 0 Å². The molecule has 0 aliphatic rings. The van der Waals surface area contributed by atoms with Crippen LogP contribution in [0.1, 0.15) is 58.8 Å². The minimum absolute atomic E-state index is 0.260. The molecule has 0 atom stereocenters. The molecule has 4 heteroatoms. The molecule has 0 N–H and O–H groups in total. The van der Waals surface area contributed by atoms with E-state index < -0.39 is 5.97 Å². The molecule has 3 aromatic carbocycles. The van der Waals surface area contributed by atoms with Crippen molar-refractivity contribution < 1.29 is 19.1 Å². The van der Waals surface area contributed by atoms with Gasteiger partial charge in [-0.1, -0.05) is 43.7 Å². The van der Waals surface area contributed by atoms with E-state index in [1.54, 1.807) is 24.3 Å². The predicted octanol–water partition coefficient (Wildman–Crippen LogP) is 6.90. The summed E-state index contributed by atoms with van der Waals surface area (Å²) in [6.45, 7) is 10.1. The molecule has 0 spiro atoms. The number of esters is 2. The third kappa shape index (κ3) is 5.08. The fraction of sp³-hybridized carbons (Fsp3) is 0.286. The van der Waals surface area contributed by atoms with Crippen LogP contribution in [0.3, 0.4) is 0 Å². The number of hydrogen-bond acceptors (Lipinski definition) is 4. The molecular formula is C28H30O4. The molecule has 0 saturated carbocycles. The van der Waals surface area contributed by atoms with Crippen molar-refractivity contribution in [2.75, 3.05) is 0 Å². The zero-order valence-corrected chi connectivity index (χ0v) is 19.5. The highest BCUT2D eigenvalue weighted by atomic mass is 16.5. The lowest BCUT2D eigenvalue weighted by atomic mass is 9.90. The fourth-order valence-electron chi connectivity index (χ4n) is 3.60. The van der Waals surface area contributed by atoms with Crippen molar-refractivity contribution in [3.63, 3.8) is 0 Å². The number of ether oxygens (including phenoxy) is 2. The van der Waals surface area contributed by atoms with Gasteiger partial charge in [0.15, 0.2) is 0 Å². The predicted molar refractivity (Wildman–Crippen MR) is 127 cm³/mol. The lowest BCUT2D eigenvalue weighted by Gasteiger charge is -2.20. The molecule has 166 valence electrons. The second-order valence-electron chi connectivity index (χ2n) is 8.09. The van der Waals surface area contributed by atoms with Gasteiger partial charge in [0.1, 0.15) is 11.5 Å². The molecule has 0 unspecified atom stereocenters. The minimum atomic E-state index is -0.429. The van der Waals surface area contributed by atoms with Crippen LogP contribution in [0.4, 0.5) is 0 Å². The molecule has 4 nitrogen and oxygen atoms in total. The van der Waals surface area contributed by atoms with Gasteiger partial charge in [-0.05, 0) is 80.6 Å². The van der Waals surface area contributed by atoms with Gasteiger partial charge in [0.2, 0.25) is 0 Å². The first-order chi connectivity index (χ1) is 15.3. The van der Waals surface area contributed by atoms with Crippen LogP contribution in [-0.2, 0) is 4.79 Å². The number of unbranched alkanes of at least 4 members (excludes halogenated alkanes) is 1. The number of carbonyl (C=O) groups is 2. The van der Waals surface area contributed by atoms with Crippen molar-refractivity contribution in [3.05, 3.63) is 82.4 Å². The topological polar surface area (TPSA) is 52.6 Å². The Labute approximate surface area is 190 Å². The van der Waals surface area contributed by atoms with E-state index >= 15 is 0 Å². The minimum Gasteiger partial charge on any atom is -0.426 e. The summed E-state index contributed by atoms with van der Waals surface area (Å²) >= 11 is 0. The van der Waals surface area contributed by atoms with Crippen LogP contribution < -0.4 is 9.47 Å². The Morgan fingerprint density at radius 3 is 1.78 bits per heavy atom. The Balaban J connectivity index is 2.12. The SMILES string of the molecule is CCCCC(=O)Oc1ccc(C)c(C)c1-c1c(OC(=O)c2ccccc2)ccc(C)c1C. The average Bonchev–Trinajstić information content (AvgIpc) is 2.79. The van der Waals surface area contributed by atoms with E-state index in [2.05, 4.69) is 0 Å². The Morgan fingerprint density at radius 1 is 0.719 bits per heavy atom. The molecule has 0 aromatic heterocycles. The van der Waals surface area contributed by atoms with E-state index in [1.165, 1.54) is 0 Å². The Kier molecular flexibility index (Phi) is 7.47. The van der Waals surface area contributed by atoms with Gasteiger partial charge in [0, 0.05) is 17.5 Å². The van der Waals surface area contributed by atoms with Crippen LogP contribution in [0.25, 0.3) is 11.1 Å². The standard InChI is InChI=1S/C28H30O4/c1-6-7-13-25(29)31-23-16-14-18(2)20(4)26(23)27-21(5)19(3)15-17-24(27)32-28(30)22-11-9-8-10-12-22/h8-12,14-17H,6-7,13H2,1-5H3. The molecule has 3 rings (SSSR count). The summed E-state index contributed by atoms with van der Waals surface area (Å²) in [5, 5.41) is 0. The molecule has 0 aliphatic heterocycles. The summed E-state index contributed by atoms with van der Waals surface area (Å²) in [5.74, 6) is 0.243. The van der Waals surface area contributed by atoms with E-state index in [1.807, 2.05) is 65.0 Å². The molecule has 3 aromatic rings. The first-order valence-corrected chi connectivity index (χ1v) is 11.0. The summed E-state index contributed by atoms with van der Waals surface area (Å²) in [6, 6.07) is 16.4. The van der Waals surface area contributed by atoms with E-state index in [0.29, 0.717) is 23.5 Å². The summed E-state index contributed by atoms with van der Waals surface area (Å²) in [4.78, 5) is 25.3. The van der Waals surface area contributed by atoms with Crippen molar-refractivity contribution in [3.8, 4) is 22.6 Å². The van der Waals surface area contributed by atoms with Crippen molar-refractivity contribution in [2.45, 2.75) is 53.9 Å². The van der Waals surface area contributed by atoms with Crippen molar-refractivity contribution >= 4 is 11.9 Å². The molecule has 0 radical (unpaired) electrons. The second kappa shape index (κ2) is 10.3. The number of benzene rings is 3. The maximum atomic E-state index is 12.8. The third-order valence-electron chi connectivity index (χ3n) is 5.82. The molecular weight excluding hydrogens is 400 g/mol. The molecule has 0 fully saturated rings. The summed E-state index contributed by atoms with van der Waals surface area (Å²) in [7, 11) is 0. The van der Waals surface area contributed by atoms with Gasteiger partial charge in [-0.2, -0.15) is 0 Å². The highest BCUT2D eigenvalue weighted by Crippen LogP contribution is 2.43. The zero-order chi connectivity index (χ0) is 23.3. The van der Waals surface area contributed by atoms with E-state index in [9.17, 15) is 9.59 Å². The van der Waals surface area contributed by atoms with Crippen molar-refractivity contribution in [2.24, 2.45) is 0 Å². The monoisotopic (exact) mass is 430 g/mol. The summed E-state index contributed by atoms with van der Waals surface area (Å²) < 4.78 is 11.7. The average molecular weight is 431 g/mol. The van der Waals surface area contributed by atoms with Crippen LogP contribution in [0.15, 0.2) is 54.6 Å². The van der Waals surface area contributed by atoms with Crippen molar-refractivity contribution in [1.82, 2.24) is 0 Å². The molecule has 0 aliphatic carbocycles. The van der Waals surface area contributed by atoms with Gasteiger partial charge in [0.05, 0.1) is 5.56 Å². The maximum Gasteiger partial charge on any atom is 0.343 e. The van der Waals surface area contributed by atoms with Crippen LogP contribution in [0.5, 0.6) is 11.5 Å². The van der Waals surface area contributed by atoms with Crippen LogP contribution in [0.2, 0.25) is 0 Å². The number of carbonyl (C=O) groups excluding carboxylic acids is 2. The summed E-state index contributed by atoms with van der Waals surface area (Å²) in [6.07, 6.45) is 2.07. The van der Waals surface area contributed by atoms with E-state index in [-0.39, 0.29) is 5.97 Å². The van der Waals surface area contributed by atoms with E-state index in [4.69, 9.17) is 9.47 Å². The number of hydrogen-bond donors (Lipinski definition) is 0. The maximum absolute atomic E-state index is 12.8. The highest BCUT2D eigenvalue weighted by molar-refractivity contribution is 5.93. The Morgan fingerprint density at radius 2 is 1.25 bits per heavy atom. The number of aryl methyl sites for hydroxylation is 2. The largest absolute Gasteiger partial charge is 0.426 e. The quantitative estimate of drug-likeness (QED) is 0.302. The molecule has 0 bridgehead atoms. The molecule has 0 heterocycles. The Hall–Kier alpha value is -3.40. The van der Waals surface area contributed by atoms with Gasteiger partial charge in [-0.25, -0.2) is 4.79 Å². The number of rotatable bonds is 7. The van der Waals surface area contributed by atoms with Gasteiger partial charge < -0.3 is 9.47 Å². The highest BCUT2D eigenvalue weighted by Gasteiger charge is 2.22. The fourth-order valence-corrected chi connectivity index (χ4v) is 3.60. The smallest absolute Gasteiger partial charge is 0.343 e. The molecule has 32 heavy (non-hydrogen) atoms.